The molecule has 0 saturated heterocycles. The lowest BCUT2D eigenvalue weighted by molar-refractivity contribution is 0.274. The second-order valence-electron chi connectivity index (χ2n) is 4.16. The number of hydrogen-bond acceptors (Lipinski definition) is 5. The van der Waals surface area contributed by atoms with Crippen molar-refractivity contribution in [2.45, 2.75) is 18.7 Å². The van der Waals surface area contributed by atoms with E-state index < -0.39 is 0 Å². The van der Waals surface area contributed by atoms with Gasteiger partial charge in [0.05, 0.1) is 30.2 Å². The van der Waals surface area contributed by atoms with Gasteiger partial charge in [-0.05, 0) is 24.6 Å². The second kappa shape index (κ2) is 10.2. The second-order valence-corrected chi connectivity index (χ2v) is 6.80. The number of carbonyl (C=O) groups excluding carboxylic acids is 1. The Balaban J connectivity index is 0.00000242. The van der Waals surface area contributed by atoms with Crippen LogP contribution in [0.15, 0.2) is 43.0 Å². The fraction of sp³-hybridized carbons (Fsp3) is 0.286. The van der Waals surface area contributed by atoms with Crippen molar-refractivity contribution in [2.24, 2.45) is 0 Å². The number of nitrogens with zero attached hydrogens (tertiary/aromatic N) is 2. The van der Waals surface area contributed by atoms with E-state index in [0.29, 0.717) is 18.2 Å². The number of benzene rings is 1. The van der Waals surface area contributed by atoms with Crippen LogP contribution in [0.3, 0.4) is 0 Å². The number of aromatic nitrogens is 2. The molecule has 0 bridgehead atoms. The standard InChI is InChI=1S/C14H15ClN2O2S2.ClH/c1-2-19-21-14(18)20-13(9-17-8-7-16-10-17)11-3-5-12(15)6-4-11;/h3-8,10,13H,2,9H2,1H3;1H. The summed E-state index contributed by atoms with van der Waals surface area (Å²) in [4.78, 5) is 16.0. The predicted molar refractivity (Wildman–Crippen MR) is 95.9 cm³/mol. The Hall–Kier alpha value is -0.660. The average Bonchev–Trinajstić information content (AvgIpc) is 2.98. The molecule has 0 saturated carbocycles. The molecule has 0 radical (unpaired) electrons. The van der Waals surface area contributed by atoms with Crippen LogP contribution in [0.5, 0.6) is 0 Å². The zero-order valence-electron chi connectivity index (χ0n) is 11.8. The van der Waals surface area contributed by atoms with E-state index in [1.54, 1.807) is 12.5 Å². The molecule has 0 aliphatic heterocycles. The smallest absolute Gasteiger partial charge is 0.273 e. The summed E-state index contributed by atoms with van der Waals surface area (Å²) in [6.07, 6.45) is 5.34. The van der Waals surface area contributed by atoms with Crippen LogP contribution < -0.4 is 0 Å². The van der Waals surface area contributed by atoms with E-state index in [1.807, 2.05) is 42.0 Å². The van der Waals surface area contributed by atoms with E-state index in [0.717, 1.165) is 17.6 Å². The first-order valence-corrected chi connectivity index (χ1v) is 8.40. The van der Waals surface area contributed by atoms with Gasteiger partial charge in [0.2, 0.25) is 0 Å². The van der Waals surface area contributed by atoms with E-state index in [1.165, 1.54) is 11.8 Å². The first-order valence-electron chi connectivity index (χ1n) is 6.40. The van der Waals surface area contributed by atoms with Gasteiger partial charge in [0.15, 0.2) is 0 Å². The van der Waals surface area contributed by atoms with Crippen LogP contribution in [0.2, 0.25) is 5.02 Å². The highest BCUT2D eigenvalue weighted by atomic mass is 35.5. The highest BCUT2D eigenvalue weighted by molar-refractivity contribution is 8.36. The van der Waals surface area contributed by atoms with Gasteiger partial charge >= 0.3 is 0 Å². The van der Waals surface area contributed by atoms with E-state index in [9.17, 15) is 4.79 Å². The van der Waals surface area contributed by atoms with Crippen molar-refractivity contribution in [1.82, 2.24) is 9.55 Å². The SMILES string of the molecule is CCOSC(=O)SC(Cn1ccnc1)c1ccc(Cl)cc1.Cl. The Morgan fingerprint density at radius 2 is 2.14 bits per heavy atom. The quantitative estimate of drug-likeness (QED) is 0.643. The molecule has 4 nitrogen and oxygen atoms in total. The van der Waals surface area contributed by atoms with Crippen LogP contribution >= 0.6 is 47.8 Å². The Morgan fingerprint density at radius 1 is 1.41 bits per heavy atom. The van der Waals surface area contributed by atoms with Gasteiger partial charge in [-0.25, -0.2) is 4.98 Å². The molecule has 1 unspecified atom stereocenters. The lowest BCUT2D eigenvalue weighted by Gasteiger charge is -2.16. The molecular weight excluding hydrogens is 363 g/mol. The Morgan fingerprint density at radius 3 is 2.73 bits per heavy atom. The van der Waals surface area contributed by atoms with E-state index in [2.05, 4.69) is 4.98 Å². The molecule has 8 heteroatoms. The molecule has 1 aromatic heterocycles. The molecule has 1 aromatic carbocycles. The van der Waals surface area contributed by atoms with Crippen LogP contribution in [0.25, 0.3) is 0 Å². The Labute approximate surface area is 149 Å². The summed E-state index contributed by atoms with van der Waals surface area (Å²) in [5.74, 6) is 0. The number of halogens is 2. The summed E-state index contributed by atoms with van der Waals surface area (Å²) in [5, 5.41) is 0.664. The Bertz CT molecular complexity index is 565. The van der Waals surface area contributed by atoms with Gasteiger partial charge in [-0.15, -0.1) is 12.4 Å². The number of thioether (sulfide) groups is 1. The minimum atomic E-state index is -0.0584. The third kappa shape index (κ3) is 6.22. The van der Waals surface area contributed by atoms with Gasteiger partial charge in [0.1, 0.15) is 0 Å². The fourth-order valence-corrected chi connectivity index (χ4v) is 3.48. The highest BCUT2D eigenvalue weighted by Crippen LogP contribution is 2.35. The average molecular weight is 379 g/mol. The van der Waals surface area contributed by atoms with Gasteiger partial charge < -0.3 is 8.75 Å². The molecule has 1 atom stereocenters. The van der Waals surface area contributed by atoms with E-state index >= 15 is 0 Å². The summed E-state index contributed by atoms with van der Waals surface area (Å²) in [7, 11) is 0. The van der Waals surface area contributed by atoms with Crippen molar-refractivity contribution in [3.8, 4) is 0 Å². The molecule has 0 N–H and O–H groups in total. The first kappa shape index (κ1) is 19.4. The summed E-state index contributed by atoms with van der Waals surface area (Å²) < 4.78 is 6.98. The number of carbonyl (C=O) groups is 1. The maximum absolute atomic E-state index is 11.9. The lowest BCUT2D eigenvalue weighted by Crippen LogP contribution is -2.06. The van der Waals surface area contributed by atoms with Gasteiger partial charge in [0, 0.05) is 24.0 Å². The largest absolute Gasteiger partial charge is 0.336 e. The lowest BCUT2D eigenvalue weighted by atomic mass is 10.1. The Kier molecular flexibility index (Phi) is 8.97. The van der Waals surface area contributed by atoms with Crippen LogP contribution in [-0.2, 0) is 10.7 Å². The minimum absolute atomic E-state index is 0. The van der Waals surface area contributed by atoms with Crippen LogP contribution in [0.4, 0.5) is 4.79 Å². The molecular formula is C14H16Cl2N2O2S2. The molecule has 0 amide bonds. The summed E-state index contributed by atoms with van der Waals surface area (Å²) in [5.41, 5.74) is 1.04. The number of rotatable bonds is 6. The summed E-state index contributed by atoms with van der Waals surface area (Å²) in [6.45, 7) is 3.02. The minimum Gasteiger partial charge on any atom is -0.336 e. The predicted octanol–water partition coefficient (Wildman–Crippen LogP) is 5.24. The van der Waals surface area contributed by atoms with Gasteiger partial charge in [-0.2, -0.15) is 0 Å². The van der Waals surface area contributed by atoms with Crippen molar-refractivity contribution >= 4 is 52.3 Å². The van der Waals surface area contributed by atoms with Crippen LogP contribution in [0, 0.1) is 0 Å². The summed E-state index contributed by atoms with van der Waals surface area (Å²) in [6, 6.07) is 7.54. The van der Waals surface area contributed by atoms with Crippen LogP contribution in [0.1, 0.15) is 17.7 Å². The third-order valence-corrected chi connectivity index (χ3v) is 4.79. The van der Waals surface area contributed by atoms with Gasteiger partial charge in [0.25, 0.3) is 4.45 Å². The maximum atomic E-state index is 11.9. The topological polar surface area (TPSA) is 44.1 Å². The van der Waals surface area contributed by atoms with Crippen molar-refractivity contribution in [2.75, 3.05) is 6.61 Å². The number of imidazole rings is 1. The molecule has 22 heavy (non-hydrogen) atoms. The van der Waals surface area contributed by atoms with Crippen LogP contribution in [-0.4, -0.2) is 20.6 Å². The zero-order chi connectivity index (χ0) is 15.1. The van der Waals surface area contributed by atoms with Crippen molar-refractivity contribution < 1.29 is 8.98 Å². The molecule has 120 valence electrons. The fourth-order valence-electron chi connectivity index (χ4n) is 1.72. The van der Waals surface area contributed by atoms with Crippen molar-refractivity contribution in [3.63, 3.8) is 0 Å². The molecule has 0 spiro atoms. The van der Waals surface area contributed by atoms with E-state index in [-0.39, 0.29) is 22.1 Å². The maximum Gasteiger partial charge on any atom is 0.273 e. The molecule has 1 heterocycles. The zero-order valence-corrected chi connectivity index (χ0v) is 15.1. The molecule has 0 aliphatic rings. The normalized spacial score (nSPS) is 11.7. The molecule has 2 aromatic rings. The molecule has 0 aliphatic carbocycles. The van der Waals surface area contributed by atoms with Crippen molar-refractivity contribution in [1.29, 1.82) is 0 Å². The highest BCUT2D eigenvalue weighted by Gasteiger charge is 2.18. The first-order chi connectivity index (χ1) is 10.2. The molecule has 2 rings (SSSR count). The summed E-state index contributed by atoms with van der Waals surface area (Å²) >= 11 is 8.06. The third-order valence-electron chi connectivity index (χ3n) is 2.66. The number of hydrogen-bond donors (Lipinski definition) is 0. The van der Waals surface area contributed by atoms with Crippen molar-refractivity contribution in [3.05, 3.63) is 53.6 Å². The van der Waals surface area contributed by atoms with Gasteiger partial charge in [-0.1, -0.05) is 35.5 Å². The molecule has 0 fully saturated rings. The van der Waals surface area contributed by atoms with Gasteiger partial charge in [-0.3, -0.25) is 4.79 Å². The monoisotopic (exact) mass is 378 g/mol. The van der Waals surface area contributed by atoms with E-state index in [4.69, 9.17) is 15.8 Å².